The Kier molecular flexibility index (Phi) is 10.0. The number of halogens is 2. The van der Waals surface area contributed by atoms with Gasteiger partial charge in [-0.2, -0.15) is 5.10 Å². The van der Waals surface area contributed by atoms with Gasteiger partial charge in [0, 0.05) is 42.7 Å². The lowest BCUT2D eigenvalue weighted by Crippen LogP contribution is -2.28. The van der Waals surface area contributed by atoms with Crippen molar-refractivity contribution in [3.8, 4) is 11.3 Å². The van der Waals surface area contributed by atoms with E-state index in [-0.39, 0.29) is 12.8 Å². The summed E-state index contributed by atoms with van der Waals surface area (Å²) in [5, 5.41) is 11.2. The van der Waals surface area contributed by atoms with Crippen LogP contribution in [-0.2, 0) is 13.5 Å². The monoisotopic (exact) mass is 524 g/mol. The number of aromatic nitrogens is 3. The van der Waals surface area contributed by atoms with Crippen molar-refractivity contribution < 1.29 is 8.78 Å². The van der Waals surface area contributed by atoms with Crippen molar-refractivity contribution in [1.29, 1.82) is 0 Å². The van der Waals surface area contributed by atoms with Crippen LogP contribution in [0.25, 0.3) is 11.3 Å². The first-order valence-corrected chi connectivity index (χ1v) is 13.5. The molecule has 0 amide bonds. The number of benzene rings is 1. The van der Waals surface area contributed by atoms with Crippen LogP contribution in [0.4, 0.5) is 20.3 Å². The van der Waals surface area contributed by atoms with E-state index in [1.807, 2.05) is 37.4 Å². The summed E-state index contributed by atoms with van der Waals surface area (Å²) in [6, 6.07) is 12.3. The number of aryl methyl sites for hydroxylation is 3. The van der Waals surface area contributed by atoms with E-state index in [0.717, 1.165) is 66.9 Å². The first kappa shape index (κ1) is 29.3. The fraction of sp³-hybridized carbons (Fsp3) is 0.467. The molecule has 2 heterocycles. The largest absolute Gasteiger partial charge is 0.342 e. The van der Waals surface area contributed by atoms with Crippen LogP contribution >= 0.6 is 0 Å². The zero-order valence-corrected chi connectivity index (χ0v) is 23.6. The van der Waals surface area contributed by atoms with Crippen LogP contribution < -0.4 is 10.6 Å². The van der Waals surface area contributed by atoms with Gasteiger partial charge in [0.2, 0.25) is 5.92 Å². The Morgan fingerprint density at radius 2 is 1.82 bits per heavy atom. The SMILES string of the molecule is C=C(Nc1cc(C(C)N(CCC)CCC)ccn1)Nc1cc(-c2cc(CCC(C)(F)F)n(C)n2)ccc1C. The van der Waals surface area contributed by atoms with Crippen LogP contribution in [-0.4, -0.2) is 38.7 Å². The van der Waals surface area contributed by atoms with Crippen LogP contribution in [0, 0.1) is 6.92 Å². The van der Waals surface area contributed by atoms with E-state index in [1.54, 1.807) is 11.7 Å². The minimum atomic E-state index is -2.70. The maximum absolute atomic E-state index is 13.3. The smallest absolute Gasteiger partial charge is 0.245 e. The van der Waals surface area contributed by atoms with Gasteiger partial charge in [-0.05, 0) is 88.5 Å². The molecule has 0 aliphatic heterocycles. The maximum Gasteiger partial charge on any atom is 0.245 e. The third-order valence-corrected chi connectivity index (χ3v) is 6.73. The molecule has 0 aliphatic rings. The second-order valence-electron chi connectivity index (χ2n) is 10.2. The van der Waals surface area contributed by atoms with Crippen molar-refractivity contribution in [3.63, 3.8) is 0 Å². The van der Waals surface area contributed by atoms with Crippen molar-refractivity contribution in [3.05, 3.63) is 71.8 Å². The molecule has 3 rings (SSSR count). The van der Waals surface area contributed by atoms with Gasteiger partial charge in [0.15, 0.2) is 0 Å². The number of anilines is 2. The van der Waals surface area contributed by atoms with Crippen LogP contribution in [0.5, 0.6) is 0 Å². The molecular formula is C30H42F2N6. The van der Waals surface area contributed by atoms with Crippen LogP contribution in [0.2, 0.25) is 0 Å². The molecule has 0 fully saturated rings. The molecule has 0 radical (unpaired) electrons. The summed E-state index contributed by atoms with van der Waals surface area (Å²) >= 11 is 0. The fourth-order valence-corrected chi connectivity index (χ4v) is 4.55. The Morgan fingerprint density at radius 1 is 1.11 bits per heavy atom. The lowest BCUT2D eigenvalue weighted by molar-refractivity contribution is 0.0129. The summed E-state index contributed by atoms with van der Waals surface area (Å²) in [6.07, 6.45) is 4.13. The number of hydrogen-bond donors (Lipinski definition) is 2. The Labute approximate surface area is 226 Å². The van der Waals surface area contributed by atoms with E-state index in [2.05, 4.69) is 65.1 Å². The van der Waals surface area contributed by atoms with Gasteiger partial charge in [0.05, 0.1) is 5.69 Å². The summed E-state index contributed by atoms with van der Waals surface area (Å²) < 4.78 is 28.4. The number of hydrogen-bond acceptors (Lipinski definition) is 5. The van der Waals surface area contributed by atoms with Crippen molar-refractivity contribution >= 4 is 11.5 Å². The maximum atomic E-state index is 13.3. The van der Waals surface area contributed by atoms with Gasteiger partial charge in [-0.1, -0.05) is 32.6 Å². The van der Waals surface area contributed by atoms with Gasteiger partial charge in [-0.3, -0.25) is 9.58 Å². The van der Waals surface area contributed by atoms with Gasteiger partial charge >= 0.3 is 0 Å². The average Bonchev–Trinajstić information content (AvgIpc) is 3.23. The molecule has 3 aromatic rings. The predicted molar refractivity (Wildman–Crippen MR) is 154 cm³/mol. The van der Waals surface area contributed by atoms with Gasteiger partial charge in [0.1, 0.15) is 11.6 Å². The molecule has 1 atom stereocenters. The first-order valence-electron chi connectivity index (χ1n) is 13.5. The van der Waals surface area contributed by atoms with Crippen molar-refractivity contribution in [2.24, 2.45) is 7.05 Å². The molecule has 2 N–H and O–H groups in total. The number of pyridine rings is 1. The summed E-state index contributed by atoms with van der Waals surface area (Å²) in [6.45, 7) is 15.9. The van der Waals surface area contributed by atoms with Crippen LogP contribution in [0.1, 0.15) is 69.8 Å². The highest BCUT2D eigenvalue weighted by molar-refractivity contribution is 5.69. The molecule has 2 aromatic heterocycles. The molecule has 0 aliphatic carbocycles. The second kappa shape index (κ2) is 13.0. The fourth-order valence-electron chi connectivity index (χ4n) is 4.55. The molecule has 206 valence electrons. The minimum Gasteiger partial charge on any atom is -0.342 e. The zero-order chi connectivity index (χ0) is 27.9. The Bertz CT molecular complexity index is 1210. The quantitative estimate of drug-likeness (QED) is 0.228. The zero-order valence-electron chi connectivity index (χ0n) is 23.6. The molecule has 8 heteroatoms. The van der Waals surface area contributed by atoms with Gasteiger partial charge in [-0.15, -0.1) is 0 Å². The van der Waals surface area contributed by atoms with E-state index in [9.17, 15) is 8.78 Å². The Hall–Kier alpha value is -3.26. The highest BCUT2D eigenvalue weighted by Crippen LogP contribution is 2.28. The van der Waals surface area contributed by atoms with Crippen LogP contribution in [0.15, 0.2) is 55.0 Å². The summed E-state index contributed by atoms with van der Waals surface area (Å²) in [4.78, 5) is 6.99. The van der Waals surface area contributed by atoms with Gasteiger partial charge in [-0.25, -0.2) is 13.8 Å². The topological polar surface area (TPSA) is 58.0 Å². The molecule has 38 heavy (non-hydrogen) atoms. The number of nitrogens with one attached hydrogen (secondary N) is 2. The van der Waals surface area contributed by atoms with E-state index in [0.29, 0.717) is 11.9 Å². The van der Waals surface area contributed by atoms with Crippen molar-refractivity contribution in [2.45, 2.75) is 72.3 Å². The Balaban J connectivity index is 1.71. The van der Waals surface area contributed by atoms with Crippen molar-refractivity contribution in [1.82, 2.24) is 19.7 Å². The normalized spacial score (nSPS) is 12.6. The Morgan fingerprint density at radius 3 is 2.47 bits per heavy atom. The molecule has 1 aromatic carbocycles. The van der Waals surface area contributed by atoms with E-state index in [4.69, 9.17) is 0 Å². The molecule has 0 saturated heterocycles. The molecule has 0 spiro atoms. The molecule has 0 saturated carbocycles. The predicted octanol–water partition coefficient (Wildman–Crippen LogP) is 7.56. The molecular weight excluding hydrogens is 482 g/mol. The van der Waals surface area contributed by atoms with Crippen molar-refractivity contribution in [2.75, 3.05) is 23.7 Å². The number of alkyl halides is 2. The van der Waals surface area contributed by atoms with Crippen LogP contribution in [0.3, 0.4) is 0 Å². The third-order valence-electron chi connectivity index (χ3n) is 6.73. The summed E-state index contributed by atoms with van der Waals surface area (Å²) in [7, 11) is 1.79. The van der Waals surface area contributed by atoms with Gasteiger partial charge in [0.25, 0.3) is 0 Å². The molecule has 1 unspecified atom stereocenters. The van der Waals surface area contributed by atoms with Gasteiger partial charge < -0.3 is 10.6 Å². The minimum absolute atomic E-state index is 0.207. The summed E-state index contributed by atoms with van der Waals surface area (Å²) in [5.74, 6) is -1.36. The third kappa shape index (κ3) is 8.12. The van der Waals surface area contributed by atoms with E-state index in [1.165, 1.54) is 5.56 Å². The molecule has 0 bridgehead atoms. The average molecular weight is 525 g/mol. The second-order valence-corrected chi connectivity index (χ2v) is 10.2. The van der Waals surface area contributed by atoms with E-state index < -0.39 is 5.92 Å². The highest BCUT2D eigenvalue weighted by atomic mass is 19.3. The lowest BCUT2D eigenvalue weighted by Gasteiger charge is -2.29. The summed E-state index contributed by atoms with van der Waals surface area (Å²) in [5.41, 5.74) is 5.56. The highest BCUT2D eigenvalue weighted by Gasteiger charge is 2.22. The standard InChI is InChI=1S/C30H42F2N6/c1-8-16-38(17-9-2)22(4)24-13-15-33-29(19-24)35-23(5)34-27-18-25(11-10-21(27)3)28-20-26(37(7)36-28)12-14-30(6,31)32/h10-11,13,15,18-20,22,34H,5,8-9,12,14,16-17H2,1-4,6-7H3,(H,33,35). The van der Waals surface area contributed by atoms with E-state index >= 15 is 0 Å². The number of nitrogens with zero attached hydrogens (tertiary/aromatic N) is 4. The number of rotatable bonds is 14. The first-order chi connectivity index (χ1) is 18.0. The molecule has 6 nitrogen and oxygen atoms in total. The lowest BCUT2D eigenvalue weighted by atomic mass is 10.1.